The number of aliphatic hydroxyl groups excluding tert-OH is 1. The Labute approximate surface area is 121 Å². The monoisotopic (exact) mass is 282 g/mol. The molecule has 106 valence electrons. The SMILES string of the molecule is N[C@@H](c1ccc(F)cc1)[C@@H](O)c1cccc2cccnc12. The molecule has 3 N–H and O–H groups in total. The fraction of sp³-hybridized carbons (Fsp3) is 0.118. The second-order valence-corrected chi connectivity index (χ2v) is 4.94. The van der Waals surface area contributed by atoms with E-state index < -0.39 is 12.1 Å². The Hall–Kier alpha value is -2.30. The van der Waals surface area contributed by atoms with Gasteiger partial charge in [-0.25, -0.2) is 4.39 Å². The van der Waals surface area contributed by atoms with Crippen molar-refractivity contribution in [1.82, 2.24) is 4.98 Å². The lowest BCUT2D eigenvalue weighted by atomic mass is 9.95. The summed E-state index contributed by atoms with van der Waals surface area (Å²) in [5, 5.41) is 11.5. The molecule has 1 aromatic heterocycles. The van der Waals surface area contributed by atoms with E-state index in [2.05, 4.69) is 4.98 Å². The smallest absolute Gasteiger partial charge is 0.123 e. The van der Waals surface area contributed by atoms with Crippen LogP contribution in [0, 0.1) is 5.82 Å². The molecule has 1 heterocycles. The molecule has 0 bridgehead atoms. The molecule has 3 rings (SSSR count). The number of hydrogen-bond donors (Lipinski definition) is 2. The van der Waals surface area contributed by atoms with Gasteiger partial charge in [-0.05, 0) is 23.8 Å². The van der Waals surface area contributed by atoms with Crippen molar-refractivity contribution in [3.63, 3.8) is 0 Å². The average Bonchev–Trinajstić information content (AvgIpc) is 2.53. The summed E-state index contributed by atoms with van der Waals surface area (Å²) in [6, 6.07) is 14.6. The number of para-hydroxylation sites is 1. The van der Waals surface area contributed by atoms with Crippen LogP contribution in [0.2, 0.25) is 0 Å². The standard InChI is InChI=1S/C17H15FN2O/c18-13-8-6-11(7-9-13)15(19)17(21)14-5-1-3-12-4-2-10-20-16(12)14/h1-10,15,17,21H,19H2/t15-,17-/m0/s1. The number of aliphatic hydroxyl groups is 1. The van der Waals surface area contributed by atoms with Gasteiger partial charge in [-0.1, -0.05) is 36.4 Å². The van der Waals surface area contributed by atoms with Gasteiger partial charge in [0.1, 0.15) is 11.9 Å². The number of aromatic nitrogens is 1. The summed E-state index contributed by atoms with van der Waals surface area (Å²) in [6.45, 7) is 0. The lowest BCUT2D eigenvalue weighted by Crippen LogP contribution is -2.20. The first kappa shape index (κ1) is 13.7. The van der Waals surface area contributed by atoms with Gasteiger partial charge in [0.2, 0.25) is 0 Å². The summed E-state index contributed by atoms with van der Waals surface area (Å²) >= 11 is 0. The molecule has 3 nitrogen and oxygen atoms in total. The Balaban J connectivity index is 2.00. The van der Waals surface area contributed by atoms with Crippen LogP contribution in [0.1, 0.15) is 23.3 Å². The molecule has 2 atom stereocenters. The van der Waals surface area contributed by atoms with Gasteiger partial charge in [0.15, 0.2) is 0 Å². The number of hydrogen-bond acceptors (Lipinski definition) is 3. The van der Waals surface area contributed by atoms with Crippen LogP contribution < -0.4 is 5.73 Å². The van der Waals surface area contributed by atoms with Crippen LogP contribution in [0.25, 0.3) is 10.9 Å². The van der Waals surface area contributed by atoms with Crippen molar-refractivity contribution in [3.05, 3.63) is 77.7 Å². The summed E-state index contributed by atoms with van der Waals surface area (Å²) in [4.78, 5) is 4.32. The number of halogens is 1. The highest BCUT2D eigenvalue weighted by atomic mass is 19.1. The predicted octanol–water partition coefficient (Wildman–Crippen LogP) is 3.11. The highest BCUT2D eigenvalue weighted by Gasteiger charge is 2.21. The average molecular weight is 282 g/mol. The van der Waals surface area contributed by atoms with Crippen LogP contribution in [0.4, 0.5) is 4.39 Å². The normalized spacial score (nSPS) is 14.0. The van der Waals surface area contributed by atoms with Crippen molar-refractivity contribution in [1.29, 1.82) is 0 Å². The molecule has 4 heteroatoms. The van der Waals surface area contributed by atoms with Crippen LogP contribution in [-0.4, -0.2) is 10.1 Å². The van der Waals surface area contributed by atoms with Crippen LogP contribution in [0.3, 0.4) is 0 Å². The maximum Gasteiger partial charge on any atom is 0.123 e. The summed E-state index contributed by atoms with van der Waals surface area (Å²) in [7, 11) is 0. The van der Waals surface area contributed by atoms with Gasteiger partial charge in [-0.3, -0.25) is 4.98 Å². The number of fused-ring (bicyclic) bond motifs is 1. The zero-order valence-corrected chi connectivity index (χ0v) is 11.3. The van der Waals surface area contributed by atoms with Crippen molar-refractivity contribution in [2.75, 3.05) is 0 Å². The lowest BCUT2D eigenvalue weighted by Gasteiger charge is -2.20. The molecule has 0 saturated heterocycles. The Morgan fingerprint density at radius 1 is 1.00 bits per heavy atom. The molecule has 2 aromatic carbocycles. The van der Waals surface area contributed by atoms with E-state index in [-0.39, 0.29) is 5.82 Å². The summed E-state index contributed by atoms with van der Waals surface area (Å²) in [5.74, 6) is -0.327. The summed E-state index contributed by atoms with van der Waals surface area (Å²) in [5.41, 5.74) is 8.19. The van der Waals surface area contributed by atoms with Crippen LogP contribution >= 0.6 is 0 Å². The Morgan fingerprint density at radius 3 is 2.48 bits per heavy atom. The van der Waals surface area contributed by atoms with E-state index in [0.717, 1.165) is 10.9 Å². The Kier molecular flexibility index (Phi) is 3.64. The molecule has 0 saturated carbocycles. The number of nitrogens with zero attached hydrogens (tertiary/aromatic N) is 1. The van der Waals surface area contributed by atoms with E-state index in [1.807, 2.05) is 30.3 Å². The van der Waals surface area contributed by atoms with Gasteiger partial charge in [-0.2, -0.15) is 0 Å². The second kappa shape index (κ2) is 5.60. The molecule has 0 fully saturated rings. The quantitative estimate of drug-likeness (QED) is 0.776. The minimum atomic E-state index is -0.908. The number of benzene rings is 2. The van der Waals surface area contributed by atoms with Crippen LogP contribution in [0.5, 0.6) is 0 Å². The Morgan fingerprint density at radius 2 is 1.71 bits per heavy atom. The molecular weight excluding hydrogens is 267 g/mol. The minimum absolute atomic E-state index is 0.327. The van der Waals surface area contributed by atoms with E-state index in [1.54, 1.807) is 18.3 Å². The second-order valence-electron chi connectivity index (χ2n) is 4.94. The highest BCUT2D eigenvalue weighted by Crippen LogP contribution is 2.30. The van der Waals surface area contributed by atoms with Gasteiger partial charge < -0.3 is 10.8 Å². The fourth-order valence-electron chi connectivity index (χ4n) is 2.43. The zero-order chi connectivity index (χ0) is 14.8. The van der Waals surface area contributed by atoms with Gasteiger partial charge in [0, 0.05) is 17.1 Å². The number of nitrogens with two attached hydrogens (primary N) is 1. The van der Waals surface area contributed by atoms with Gasteiger partial charge in [-0.15, -0.1) is 0 Å². The van der Waals surface area contributed by atoms with Crippen molar-refractivity contribution in [3.8, 4) is 0 Å². The van der Waals surface area contributed by atoms with E-state index in [1.165, 1.54) is 12.1 Å². The summed E-state index contributed by atoms with van der Waals surface area (Å²) < 4.78 is 13.0. The molecule has 0 aliphatic heterocycles. The fourth-order valence-corrected chi connectivity index (χ4v) is 2.43. The van der Waals surface area contributed by atoms with E-state index >= 15 is 0 Å². The van der Waals surface area contributed by atoms with E-state index in [0.29, 0.717) is 11.1 Å². The van der Waals surface area contributed by atoms with E-state index in [9.17, 15) is 9.50 Å². The van der Waals surface area contributed by atoms with Gasteiger partial charge >= 0.3 is 0 Å². The lowest BCUT2D eigenvalue weighted by molar-refractivity contribution is 0.148. The van der Waals surface area contributed by atoms with Crippen molar-refractivity contribution < 1.29 is 9.50 Å². The third kappa shape index (κ3) is 2.63. The van der Waals surface area contributed by atoms with Crippen LogP contribution in [0.15, 0.2) is 60.8 Å². The number of pyridine rings is 1. The van der Waals surface area contributed by atoms with Crippen molar-refractivity contribution in [2.24, 2.45) is 5.73 Å². The zero-order valence-electron chi connectivity index (χ0n) is 11.3. The molecule has 0 aliphatic rings. The largest absolute Gasteiger partial charge is 0.386 e. The maximum absolute atomic E-state index is 13.0. The topological polar surface area (TPSA) is 59.1 Å². The molecule has 0 unspecified atom stereocenters. The maximum atomic E-state index is 13.0. The summed E-state index contributed by atoms with van der Waals surface area (Å²) in [6.07, 6.45) is 0.774. The van der Waals surface area contributed by atoms with Crippen molar-refractivity contribution in [2.45, 2.75) is 12.1 Å². The molecule has 0 aliphatic carbocycles. The predicted molar refractivity (Wildman–Crippen MR) is 80.0 cm³/mol. The van der Waals surface area contributed by atoms with Gasteiger partial charge in [0.05, 0.1) is 11.6 Å². The van der Waals surface area contributed by atoms with Crippen molar-refractivity contribution >= 4 is 10.9 Å². The molecule has 21 heavy (non-hydrogen) atoms. The first-order valence-electron chi connectivity index (χ1n) is 6.69. The molecule has 0 radical (unpaired) electrons. The number of rotatable bonds is 3. The first-order chi connectivity index (χ1) is 10.2. The third-order valence-electron chi connectivity index (χ3n) is 3.58. The third-order valence-corrected chi connectivity index (χ3v) is 3.58. The minimum Gasteiger partial charge on any atom is -0.386 e. The Bertz CT molecular complexity index is 753. The molecule has 3 aromatic rings. The van der Waals surface area contributed by atoms with E-state index in [4.69, 9.17) is 5.73 Å². The molecule has 0 amide bonds. The van der Waals surface area contributed by atoms with Crippen LogP contribution in [-0.2, 0) is 0 Å². The molecule has 0 spiro atoms. The molecular formula is C17H15FN2O. The van der Waals surface area contributed by atoms with Gasteiger partial charge in [0.25, 0.3) is 0 Å². The first-order valence-corrected chi connectivity index (χ1v) is 6.69. The highest BCUT2D eigenvalue weighted by molar-refractivity contribution is 5.81.